The number of likely N-dealkylation sites (tertiary alicyclic amines) is 1. The SMILES string of the molecule is CN=C(NCCCc1ccc(OC)cc1)N1CC(C)(C)C1(C)C. The van der Waals surface area contributed by atoms with Crippen LogP contribution in [-0.2, 0) is 6.42 Å². The van der Waals surface area contributed by atoms with Crippen LogP contribution < -0.4 is 10.1 Å². The van der Waals surface area contributed by atoms with E-state index in [-0.39, 0.29) is 5.54 Å². The molecule has 0 radical (unpaired) electrons. The standard InChI is InChI=1S/C19H31N3O/c1-18(2)14-22(19(18,3)4)17(20-5)21-13-7-8-15-9-11-16(23-6)12-10-15/h9-12H,7-8,13-14H2,1-6H3,(H,20,21). The highest BCUT2D eigenvalue weighted by Gasteiger charge is 2.53. The van der Waals surface area contributed by atoms with Crippen molar-refractivity contribution in [1.82, 2.24) is 10.2 Å². The highest BCUT2D eigenvalue weighted by atomic mass is 16.5. The third kappa shape index (κ3) is 3.62. The minimum absolute atomic E-state index is 0.144. The summed E-state index contributed by atoms with van der Waals surface area (Å²) in [6, 6.07) is 8.31. The molecule has 0 aliphatic carbocycles. The Hall–Kier alpha value is -1.71. The monoisotopic (exact) mass is 317 g/mol. The summed E-state index contributed by atoms with van der Waals surface area (Å²) in [4.78, 5) is 6.83. The van der Waals surface area contributed by atoms with Crippen LogP contribution in [0.3, 0.4) is 0 Å². The summed E-state index contributed by atoms with van der Waals surface area (Å²) in [5.74, 6) is 1.93. The van der Waals surface area contributed by atoms with Crippen molar-refractivity contribution in [3.63, 3.8) is 0 Å². The van der Waals surface area contributed by atoms with Crippen LogP contribution >= 0.6 is 0 Å². The van der Waals surface area contributed by atoms with Gasteiger partial charge in [-0.3, -0.25) is 4.99 Å². The fraction of sp³-hybridized carbons (Fsp3) is 0.632. The van der Waals surface area contributed by atoms with Gasteiger partial charge in [0.2, 0.25) is 0 Å². The van der Waals surface area contributed by atoms with Crippen LogP contribution in [0.25, 0.3) is 0 Å². The number of ether oxygens (including phenoxy) is 1. The third-order valence-electron chi connectivity index (χ3n) is 5.44. The Kier molecular flexibility index (Phi) is 5.23. The first-order valence-corrected chi connectivity index (χ1v) is 8.43. The van der Waals surface area contributed by atoms with Crippen LogP contribution in [0.15, 0.2) is 29.3 Å². The maximum absolute atomic E-state index is 5.19. The van der Waals surface area contributed by atoms with Crippen molar-refractivity contribution in [3.05, 3.63) is 29.8 Å². The van der Waals surface area contributed by atoms with Crippen LogP contribution in [0.4, 0.5) is 0 Å². The van der Waals surface area contributed by atoms with Crippen LogP contribution in [0.1, 0.15) is 39.7 Å². The minimum atomic E-state index is 0.144. The van der Waals surface area contributed by atoms with E-state index in [1.54, 1.807) is 7.11 Å². The molecule has 128 valence electrons. The summed E-state index contributed by atoms with van der Waals surface area (Å²) >= 11 is 0. The summed E-state index contributed by atoms with van der Waals surface area (Å²) in [7, 11) is 3.57. The second-order valence-electron chi connectivity index (χ2n) is 7.45. The molecule has 0 unspecified atom stereocenters. The fourth-order valence-electron chi connectivity index (χ4n) is 2.98. The molecule has 1 aliphatic rings. The maximum Gasteiger partial charge on any atom is 0.194 e. The van der Waals surface area contributed by atoms with Gasteiger partial charge in [0.15, 0.2) is 5.96 Å². The molecule has 1 heterocycles. The zero-order valence-electron chi connectivity index (χ0n) is 15.4. The summed E-state index contributed by atoms with van der Waals surface area (Å²) < 4.78 is 5.19. The van der Waals surface area contributed by atoms with Crippen LogP contribution in [0, 0.1) is 5.41 Å². The van der Waals surface area contributed by atoms with Gasteiger partial charge in [-0.25, -0.2) is 0 Å². The van der Waals surface area contributed by atoms with Crippen molar-refractivity contribution in [1.29, 1.82) is 0 Å². The second-order valence-corrected chi connectivity index (χ2v) is 7.45. The molecule has 1 N–H and O–H groups in total. The number of methoxy groups -OCH3 is 1. The van der Waals surface area contributed by atoms with Gasteiger partial charge in [0.05, 0.1) is 7.11 Å². The lowest BCUT2D eigenvalue weighted by atomic mass is 9.65. The topological polar surface area (TPSA) is 36.9 Å². The number of guanidine groups is 1. The van der Waals surface area contributed by atoms with Crippen molar-refractivity contribution in [2.24, 2.45) is 10.4 Å². The van der Waals surface area contributed by atoms with E-state index in [2.05, 4.69) is 55.0 Å². The number of nitrogens with one attached hydrogen (secondary N) is 1. The van der Waals surface area contributed by atoms with E-state index in [4.69, 9.17) is 4.74 Å². The normalized spacial score (nSPS) is 19.2. The first kappa shape index (κ1) is 17.6. The van der Waals surface area contributed by atoms with E-state index in [0.717, 1.165) is 37.6 Å². The van der Waals surface area contributed by atoms with Gasteiger partial charge in [-0.05, 0) is 44.4 Å². The molecule has 1 fully saturated rings. The van der Waals surface area contributed by atoms with E-state index >= 15 is 0 Å². The number of rotatable bonds is 5. The second kappa shape index (κ2) is 6.81. The Morgan fingerprint density at radius 3 is 2.35 bits per heavy atom. The van der Waals surface area contributed by atoms with Gasteiger partial charge in [0.25, 0.3) is 0 Å². The molecular formula is C19H31N3O. The van der Waals surface area contributed by atoms with Crippen LogP contribution in [0.5, 0.6) is 5.75 Å². The Morgan fingerprint density at radius 2 is 1.87 bits per heavy atom. The minimum Gasteiger partial charge on any atom is -0.497 e. The Labute approximate surface area is 140 Å². The van der Waals surface area contributed by atoms with E-state index in [9.17, 15) is 0 Å². The molecule has 0 bridgehead atoms. The van der Waals surface area contributed by atoms with Gasteiger partial charge >= 0.3 is 0 Å². The zero-order valence-corrected chi connectivity index (χ0v) is 15.4. The van der Waals surface area contributed by atoms with Gasteiger partial charge in [0, 0.05) is 31.1 Å². The summed E-state index contributed by atoms with van der Waals surface area (Å²) in [6.45, 7) is 11.2. The number of aliphatic imine (C=N–C) groups is 1. The lowest BCUT2D eigenvalue weighted by Crippen LogP contribution is -2.72. The predicted molar refractivity (Wildman–Crippen MR) is 97.2 cm³/mol. The fourth-order valence-corrected chi connectivity index (χ4v) is 2.98. The molecule has 0 spiro atoms. The largest absolute Gasteiger partial charge is 0.497 e. The van der Waals surface area contributed by atoms with Crippen molar-refractivity contribution in [3.8, 4) is 5.75 Å². The van der Waals surface area contributed by atoms with Crippen molar-refractivity contribution >= 4 is 5.96 Å². The number of benzene rings is 1. The molecule has 0 saturated carbocycles. The average Bonchev–Trinajstić information content (AvgIpc) is 2.54. The molecular weight excluding hydrogens is 286 g/mol. The summed E-state index contributed by atoms with van der Waals surface area (Å²) in [6.07, 6.45) is 2.14. The quantitative estimate of drug-likeness (QED) is 0.514. The number of hydrogen-bond donors (Lipinski definition) is 1. The summed E-state index contributed by atoms with van der Waals surface area (Å²) in [5, 5.41) is 3.51. The van der Waals surface area contributed by atoms with E-state index in [0.29, 0.717) is 5.41 Å². The molecule has 0 aromatic heterocycles. The van der Waals surface area contributed by atoms with Gasteiger partial charge in [0.1, 0.15) is 5.75 Å². The molecule has 1 saturated heterocycles. The zero-order chi connectivity index (χ0) is 17.1. The number of aryl methyl sites for hydroxylation is 1. The summed E-state index contributed by atoms with van der Waals surface area (Å²) in [5.41, 5.74) is 1.81. The van der Waals surface area contributed by atoms with Crippen molar-refractivity contribution in [2.75, 3.05) is 27.2 Å². The molecule has 23 heavy (non-hydrogen) atoms. The molecule has 1 aromatic carbocycles. The molecule has 1 aliphatic heterocycles. The maximum atomic E-state index is 5.19. The van der Waals surface area contributed by atoms with E-state index in [1.165, 1.54) is 5.56 Å². The van der Waals surface area contributed by atoms with Crippen molar-refractivity contribution in [2.45, 2.75) is 46.1 Å². The first-order valence-electron chi connectivity index (χ1n) is 8.43. The molecule has 0 amide bonds. The van der Waals surface area contributed by atoms with E-state index < -0.39 is 0 Å². The van der Waals surface area contributed by atoms with Gasteiger partial charge in [-0.2, -0.15) is 0 Å². The highest BCUT2D eigenvalue weighted by molar-refractivity contribution is 5.81. The molecule has 4 nitrogen and oxygen atoms in total. The Morgan fingerprint density at radius 1 is 1.22 bits per heavy atom. The Bertz CT molecular complexity index is 546. The first-order chi connectivity index (χ1) is 10.8. The molecule has 4 heteroatoms. The number of nitrogens with zero attached hydrogens (tertiary/aromatic N) is 2. The van der Waals surface area contributed by atoms with Crippen LogP contribution in [0.2, 0.25) is 0 Å². The Balaban J connectivity index is 1.79. The van der Waals surface area contributed by atoms with Gasteiger partial charge in [-0.1, -0.05) is 26.0 Å². The van der Waals surface area contributed by atoms with E-state index in [1.807, 2.05) is 19.2 Å². The molecule has 1 aromatic rings. The lowest BCUT2D eigenvalue weighted by Gasteiger charge is -2.62. The number of hydrogen-bond acceptors (Lipinski definition) is 2. The predicted octanol–water partition coefficient (Wildman–Crippen LogP) is 3.32. The smallest absolute Gasteiger partial charge is 0.194 e. The molecule has 0 atom stereocenters. The van der Waals surface area contributed by atoms with Crippen LogP contribution in [-0.4, -0.2) is 43.6 Å². The van der Waals surface area contributed by atoms with Crippen molar-refractivity contribution < 1.29 is 4.74 Å². The highest BCUT2D eigenvalue weighted by Crippen LogP contribution is 2.46. The molecule has 2 rings (SSSR count). The third-order valence-corrected chi connectivity index (χ3v) is 5.44. The average molecular weight is 317 g/mol. The van der Waals surface area contributed by atoms with Gasteiger partial charge < -0.3 is 15.0 Å². The van der Waals surface area contributed by atoms with Gasteiger partial charge in [-0.15, -0.1) is 0 Å². The lowest BCUT2D eigenvalue weighted by molar-refractivity contribution is -0.0667.